The topological polar surface area (TPSA) is 57.0 Å². The lowest BCUT2D eigenvalue weighted by Gasteiger charge is -2.05. The van der Waals surface area contributed by atoms with Gasteiger partial charge in [-0.3, -0.25) is 0 Å². The molecule has 0 amide bonds. The zero-order valence-electron chi connectivity index (χ0n) is 12.4. The summed E-state index contributed by atoms with van der Waals surface area (Å²) in [7, 11) is 0. The third kappa shape index (κ3) is 3.76. The minimum Gasteiger partial charge on any atom is -0.420 e. The molecule has 6 heteroatoms. The molecule has 0 aliphatic heterocycles. The number of benzene rings is 2. The Balaban J connectivity index is 1.72. The average Bonchev–Trinajstić information content (AvgIpc) is 3.00. The van der Waals surface area contributed by atoms with Crippen molar-refractivity contribution in [3.63, 3.8) is 0 Å². The first kappa shape index (κ1) is 15.2. The van der Waals surface area contributed by atoms with Crippen molar-refractivity contribution in [2.75, 3.05) is 0 Å². The Kier molecular flexibility index (Phi) is 4.39. The van der Waals surface area contributed by atoms with Crippen LogP contribution in [0.25, 0.3) is 0 Å². The molecule has 2 aromatic carbocycles. The number of rotatable bonds is 4. The predicted octanol–water partition coefficient (Wildman–Crippen LogP) is 3.51. The van der Waals surface area contributed by atoms with E-state index in [4.69, 9.17) is 16.3 Å². The molecule has 0 atom stereocenters. The summed E-state index contributed by atoms with van der Waals surface area (Å²) in [6.07, 6.45) is 1.55. The van der Waals surface area contributed by atoms with Gasteiger partial charge in [0.15, 0.2) is 5.69 Å². The van der Waals surface area contributed by atoms with Gasteiger partial charge in [0.05, 0.1) is 17.8 Å². The molecule has 0 spiro atoms. The maximum Gasteiger partial charge on any atom is 0.365 e. The van der Waals surface area contributed by atoms with Crippen LogP contribution in [0.15, 0.2) is 54.7 Å². The number of ether oxygens (including phenoxy) is 1. The van der Waals surface area contributed by atoms with Gasteiger partial charge in [-0.25, -0.2) is 9.48 Å². The molecule has 0 saturated heterocycles. The zero-order chi connectivity index (χ0) is 16.2. The summed E-state index contributed by atoms with van der Waals surface area (Å²) >= 11 is 6.02. The zero-order valence-corrected chi connectivity index (χ0v) is 13.2. The first-order valence-electron chi connectivity index (χ1n) is 7.04. The van der Waals surface area contributed by atoms with Crippen LogP contribution in [-0.4, -0.2) is 21.0 Å². The average molecular weight is 328 g/mol. The fourth-order valence-electron chi connectivity index (χ4n) is 2.08. The summed E-state index contributed by atoms with van der Waals surface area (Å²) in [5.74, 6) is -0.272. The minimum absolute atomic E-state index is 0.138. The Hall–Kier alpha value is -2.66. The summed E-state index contributed by atoms with van der Waals surface area (Å²) in [5.41, 5.74) is 2.16. The van der Waals surface area contributed by atoms with Gasteiger partial charge in [-0.15, -0.1) is 5.10 Å². The van der Waals surface area contributed by atoms with E-state index in [9.17, 15) is 4.79 Å². The normalized spacial score (nSPS) is 10.5. The van der Waals surface area contributed by atoms with Crippen molar-refractivity contribution in [3.8, 4) is 5.75 Å². The van der Waals surface area contributed by atoms with E-state index in [0.717, 1.165) is 11.1 Å². The van der Waals surface area contributed by atoms with Gasteiger partial charge >= 0.3 is 5.97 Å². The molecule has 1 heterocycles. The molecule has 116 valence electrons. The van der Waals surface area contributed by atoms with Crippen LogP contribution >= 0.6 is 11.6 Å². The lowest BCUT2D eigenvalue weighted by Crippen LogP contribution is -2.09. The molecule has 23 heavy (non-hydrogen) atoms. The largest absolute Gasteiger partial charge is 0.420 e. The van der Waals surface area contributed by atoms with E-state index in [1.165, 1.54) is 0 Å². The van der Waals surface area contributed by atoms with Crippen molar-refractivity contribution in [1.82, 2.24) is 15.0 Å². The fraction of sp³-hybridized carbons (Fsp3) is 0.118. The molecule has 0 saturated carbocycles. The monoisotopic (exact) mass is 327 g/mol. The molecular formula is C17H14ClN3O2. The fourth-order valence-corrected chi connectivity index (χ4v) is 2.24. The second-order valence-electron chi connectivity index (χ2n) is 5.11. The molecular weight excluding hydrogens is 314 g/mol. The van der Waals surface area contributed by atoms with Crippen LogP contribution in [0.3, 0.4) is 0 Å². The van der Waals surface area contributed by atoms with Crippen molar-refractivity contribution < 1.29 is 9.53 Å². The highest BCUT2D eigenvalue weighted by Gasteiger charge is 2.15. The number of aryl methyl sites for hydroxylation is 1. The second kappa shape index (κ2) is 6.62. The maximum absolute atomic E-state index is 12.1. The second-order valence-corrected chi connectivity index (χ2v) is 5.52. The highest BCUT2D eigenvalue weighted by Crippen LogP contribution is 2.25. The van der Waals surface area contributed by atoms with Crippen LogP contribution in [-0.2, 0) is 6.54 Å². The van der Waals surface area contributed by atoms with Crippen molar-refractivity contribution in [2.24, 2.45) is 0 Å². The standard InChI is InChI=1S/C17H14ClN3O2/c1-12-7-8-14(18)16(9-12)23-17(22)15-11-21(20-19-15)10-13-5-3-2-4-6-13/h2-9,11H,10H2,1H3. The smallest absolute Gasteiger partial charge is 0.365 e. The van der Waals surface area contributed by atoms with Crippen LogP contribution in [0.4, 0.5) is 0 Å². The van der Waals surface area contributed by atoms with Crippen LogP contribution in [0.2, 0.25) is 5.02 Å². The van der Waals surface area contributed by atoms with Crippen LogP contribution in [0.5, 0.6) is 5.75 Å². The number of nitrogens with zero attached hydrogens (tertiary/aromatic N) is 3. The Bertz CT molecular complexity index is 831. The molecule has 3 aromatic rings. The SMILES string of the molecule is Cc1ccc(Cl)c(OC(=O)c2cn(Cc3ccccc3)nn2)c1. The van der Waals surface area contributed by atoms with Gasteiger partial charge in [0, 0.05) is 0 Å². The minimum atomic E-state index is -0.586. The summed E-state index contributed by atoms with van der Waals surface area (Å²) in [6, 6.07) is 15.0. The quantitative estimate of drug-likeness (QED) is 0.543. The van der Waals surface area contributed by atoms with Crippen LogP contribution in [0.1, 0.15) is 21.6 Å². The van der Waals surface area contributed by atoms with E-state index in [1.54, 1.807) is 23.0 Å². The Morgan fingerprint density at radius 3 is 2.78 bits per heavy atom. The highest BCUT2D eigenvalue weighted by atomic mass is 35.5. The van der Waals surface area contributed by atoms with Gasteiger partial charge in [-0.2, -0.15) is 0 Å². The number of hydrogen-bond donors (Lipinski definition) is 0. The number of carbonyl (C=O) groups excluding carboxylic acids is 1. The van der Waals surface area contributed by atoms with E-state index >= 15 is 0 Å². The molecule has 0 aliphatic rings. The molecule has 0 N–H and O–H groups in total. The van der Waals surface area contributed by atoms with Gasteiger partial charge in [-0.05, 0) is 30.2 Å². The van der Waals surface area contributed by atoms with Crippen LogP contribution < -0.4 is 4.74 Å². The van der Waals surface area contributed by atoms with Crippen molar-refractivity contribution in [2.45, 2.75) is 13.5 Å². The first-order chi connectivity index (χ1) is 11.1. The third-order valence-electron chi connectivity index (χ3n) is 3.22. The van der Waals surface area contributed by atoms with Gasteiger partial charge in [0.2, 0.25) is 0 Å². The lowest BCUT2D eigenvalue weighted by atomic mass is 10.2. The van der Waals surface area contributed by atoms with Gasteiger partial charge in [0.1, 0.15) is 5.75 Å². The maximum atomic E-state index is 12.1. The van der Waals surface area contributed by atoms with E-state index in [2.05, 4.69) is 10.3 Å². The number of carbonyl (C=O) groups is 1. The number of aromatic nitrogens is 3. The van der Waals surface area contributed by atoms with Gasteiger partial charge in [0.25, 0.3) is 0 Å². The molecule has 0 aliphatic carbocycles. The first-order valence-corrected chi connectivity index (χ1v) is 7.42. The van der Waals surface area contributed by atoms with E-state index in [1.807, 2.05) is 43.3 Å². The number of hydrogen-bond acceptors (Lipinski definition) is 4. The number of halogens is 1. The molecule has 0 bridgehead atoms. The van der Waals surface area contributed by atoms with E-state index in [-0.39, 0.29) is 5.69 Å². The van der Waals surface area contributed by atoms with Crippen LogP contribution in [0, 0.1) is 6.92 Å². The van der Waals surface area contributed by atoms with Crippen molar-refractivity contribution >= 4 is 17.6 Å². The predicted molar refractivity (Wildman–Crippen MR) is 86.7 cm³/mol. The molecule has 5 nitrogen and oxygen atoms in total. The summed E-state index contributed by atoms with van der Waals surface area (Å²) in [4.78, 5) is 12.1. The lowest BCUT2D eigenvalue weighted by molar-refractivity contribution is 0.0728. The summed E-state index contributed by atoms with van der Waals surface area (Å²) in [6.45, 7) is 2.43. The molecule has 3 rings (SSSR count). The summed E-state index contributed by atoms with van der Waals surface area (Å²) in [5, 5.41) is 8.18. The van der Waals surface area contributed by atoms with Crippen molar-refractivity contribution in [3.05, 3.63) is 76.6 Å². The molecule has 0 unspecified atom stereocenters. The van der Waals surface area contributed by atoms with Gasteiger partial charge < -0.3 is 4.74 Å². The van der Waals surface area contributed by atoms with E-state index < -0.39 is 5.97 Å². The summed E-state index contributed by atoms with van der Waals surface area (Å²) < 4.78 is 6.88. The Morgan fingerprint density at radius 2 is 2.00 bits per heavy atom. The number of esters is 1. The molecule has 0 fully saturated rings. The Morgan fingerprint density at radius 1 is 1.22 bits per heavy atom. The van der Waals surface area contributed by atoms with Gasteiger partial charge in [-0.1, -0.05) is 53.2 Å². The highest BCUT2D eigenvalue weighted by molar-refractivity contribution is 6.32. The third-order valence-corrected chi connectivity index (χ3v) is 3.54. The van der Waals surface area contributed by atoms with Crippen molar-refractivity contribution in [1.29, 1.82) is 0 Å². The molecule has 1 aromatic heterocycles. The molecule has 0 radical (unpaired) electrons. The Labute approximate surface area is 138 Å². The van der Waals surface area contributed by atoms with E-state index in [0.29, 0.717) is 17.3 Å².